The van der Waals surface area contributed by atoms with E-state index in [0.29, 0.717) is 40.4 Å². The minimum Gasteiger partial charge on any atom is -0.490 e. The van der Waals surface area contributed by atoms with Crippen molar-refractivity contribution in [2.24, 2.45) is 5.10 Å². The Morgan fingerprint density at radius 3 is 2.57 bits per heavy atom. The molecule has 0 spiro atoms. The Morgan fingerprint density at radius 1 is 1.07 bits per heavy atom. The molecule has 0 radical (unpaired) electrons. The average Bonchev–Trinajstić information content (AvgIpc) is 2.69. The van der Waals surface area contributed by atoms with Crippen LogP contribution in [0.4, 0.5) is 5.69 Å². The zero-order valence-corrected chi connectivity index (χ0v) is 17.3. The van der Waals surface area contributed by atoms with Crippen molar-refractivity contribution in [2.75, 3.05) is 18.5 Å². The van der Waals surface area contributed by atoms with E-state index in [4.69, 9.17) is 9.47 Å². The van der Waals surface area contributed by atoms with Crippen LogP contribution in [0.25, 0.3) is 0 Å². The molecule has 0 aliphatic carbocycles. The van der Waals surface area contributed by atoms with Crippen LogP contribution in [-0.4, -0.2) is 31.2 Å². The van der Waals surface area contributed by atoms with Gasteiger partial charge in [-0.2, -0.15) is 5.10 Å². The maximum atomic E-state index is 11.9. The van der Waals surface area contributed by atoms with E-state index in [2.05, 4.69) is 31.8 Å². The van der Waals surface area contributed by atoms with Gasteiger partial charge in [0.15, 0.2) is 11.5 Å². The number of ether oxygens (including phenoxy) is 2. The number of nitrogens with zero attached hydrogens (tertiary/aromatic N) is 1. The summed E-state index contributed by atoms with van der Waals surface area (Å²) in [5.41, 5.74) is 3.39. The third-order valence-corrected chi connectivity index (χ3v) is 4.13. The molecule has 0 saturated carbocycles. The number of carbonyl (C=O) groups excluding carboxylic acids is 2. The molecular weight excluding hydrogens is 426 g/mol. The van der Waals surface area contributed by atoms with Crippen LogP contribution < -0.4 is 20.2 Å². The summed E-state index contributed by atoms with van der Waals surface area (Å²) >= 11 is 3.30. The molecular formula is C20H22BrN3O4. The first-order chi connectivity index (χ1) is 13.5. The lowest BCUT2D eigenvalue weighted by Crippen LogP contribution is -2.32. The minimum absolute atomic E-state index is 0.495. The van der Waals surface area contributed by atoms with Gasteiger partial charge in [0.05, 0.1) is 25.1 Å². The summed E-state index contributed by atoms with van der Waals surface area (Å²) in [6.45, 7) is 5.00. The Hall–Kier alpha value is -2.87. The number of hydrazone groups is 1. The second-order valence-corrected chi connectivity index (χ2v) is 6.48. The van der Waals surface area contributed by atoms with E-state index in [-0.39, 0.29) is 0 Å². The van der Waals surface area contributed by atoms with Gasteiger partial charge in [-0.15, -0.1) is 0 Å². The Kier molecular flexibility index (Phi) is 8.48. The molecule has 0 aliphatic heterocycles. The molecule has 2 rings (SSSR count). The van der Waals surface area contributed by atoms with Crippen LogP contribution in [0.1, 0.15) is 25.8 Å². The Bertz CT molecular complexity index is 855. The highest BCUT2D eigenvalue weighted by Crippen LogP contribution is 2.28. The third-order valence-electron chi connectivity index (χ3n) is 3.44. The van der Waals surface area contributed by atoms with Gasteiger partial charge >= 0.3 is 11.8 Å². The van der Waals surface area contributed by atoms with Crippen LogP contribution in [0.2, 0.25) is 0 Å². The van der Waals surface area contributed by atoms with Crippen LogP contribution in [0.15, 0.2) is 52.0 Å². The van der Waals surface area contributed by atoms with Crippen molar-refractivity contribution >= 4 is 39.6 Å². The highest BCUT2D eigenvalue weighted by molar-refractivity contribution is 9.10. The molecule has 2 N–H and O–H groups in total. The lowest BCUT2D eigenvalue weighted by molar-refractivity contribution is -0.136. The molecule has 0 fully saturated rings. The Labute approximate surface area is 172 Å². The van der Waals surface area contributed by atoms with Crippen molar-refractivity contribution in [2.45, 2.75) is 20.3 Å². The fraction of sp³-hybridized carbons (Fsp3) is 0.250. The Morgan fingerprint density at radius 2 is 1.86 bits per heavy atom. The minimum atomic E-state index is -0.875. The van der Waals surface area contributed by atoms with E-state index in [0.717, 1.165) is 6.42 Å². The summed E-state index contributed by atoms with van der Waals surface area (Å²) in [5, 5.41) is 6.33. The number of carbonyl (C=O) groups is 2. The smallest absolute Gasteiger partial charge is 0.329 e. The fourth-order valence-corrected chi connectivity index (χ4v) is 2.55. The molecule has 0 aliphatic rings. The summed E-state index contributed by atoms with van der Waals surface area (Å²) < 4.78 is 11.9. The maximum absolute atomic E-state index is 11.9. The number of hydrogen-bond donors (Lipinski definition) is 2. The van der Waals surface area contributed by atoms with Crippen molar-refractivity contribution in [3.05, 3.63) is 52.5 Å². The molecule has 148 valence electrons. The van der Waals surface area contributed by atoms with Crippen molar-refractivity contribution in [3.63, 3.8) is 0 Å². The van der Waals surface area contributed by atoms with Gasteiger partial charge in [0.1, 0.15) is 0 Å². The number of hydrogen-bond acceptors (Lipinski definition) is 5. The van der Waals surface area contributed by atoms with Crippen LogP contribution >= 0.6 is 15.9 Å². The third kappa shape index (κ3) is 6.38. The number of benzene rings is 2. The second-order valence-electron chi connectivity index (χ2n) is 5.62. The molecule has 2 aromatic carbocycles. The first-order valence-electron chi connectivity index (χ1n) is 8.83. The second kappa shape index (κ2) is 11.1. The highest BCUT2D eigenvalue weighted by Gasteiger charge is 2.14. The van der Waals surface area contributed by atoms with Crippen molar-refractivity contribution in [1.29, 1.82) is 0 Å². The van der Waals surface area contributed by atoms with Crippen LogP contribution in [0, 0.1) is 0 Å². The molecule has 0 unspecified atom stereocenters. The number of halogens is 1. The quantitative estimate of drug-likeness (QED) is 0.366. The molecule has 28 heavy (non-hydrogen) atoms. The van der Waals surface area contributed by atoms with Crippen molar-refractivity contribution in [1.82, 2.24) is 5.43 Å². The van der Waals surface area contributed by atoms with Gasteiger partial charge in [-0.3, -0.25) is 9.59 Å². The van der Waals surface area contributed by atoms with Gasteiger partial charge in [-0.25, -0.2) is 5.43 Å². The number of para-hydroxylation sites is 1. The van der Waals surface area contributed by atoms with Crippen LogP contribution in [0.5, 0.6) is 11.5 Å². The summed E-state index contributed by atoms with van der Waals surface area (Å²) in [6, 6.07) is 12.3. The average molecular weight is 448 g/mol. The van der Waals surface area contributed by atoms with Crippen LogP contribution in [-0.2, 0) is 9.59 Å². The molecule has 8 heteroatoms. The van der Waals surface area contributed by atoms with Gasteiger partial charge in [0.2, 0.25) is 0 Å². The first-order valence-corrected chi connectivity index (χ1v) is 9.63. The van der Waals surface area contributed by atoms with Crippen molar-refractivity contribution < 1.29 is 19.1 Å². The van der Waals surface area contributed by atoms with Gasteiger partial charge in [-0.05, 0) is 65.2 Å². The molecule has 0 bridgehead atoms. The number of nitrogens with one attached hydrogen (secondary N) is 2. The van der Waals surface area contributed by atoms with Crippen molar-refractivity contribution in [3.8, 4) is 11.5 Å². The number of amides is 2. The fourth-order valence-electron chi connectivity index (χ4n) is 2.16. The molecule has 0 aromatic heterocycles. The van der Waals surface area contributed by atoms with E-state index in [1.807, 2.05) is 13.8 Å². The molecule has 0 heterocycles. The summed E-state index contributed by atoms with van der Waals surface area (Å²) in [7, 11) is 0. The molecule has 7 nitrogen and oxygen atoms in total. The summed E-state index contributed by atoms with van der Waals surface area (Å²) in [5.74, 6) is -0.446. The van der Waals surface area contributed by atoms with Gasteiger partial charge < -0.3 is 14.8 Å². The summed E-state index contributed by atoms with van der Waals surface area (Å²) in [6.07, 6.45) is 2.32. The molecule has 2 amide bonds. The SMILES string of the molecule is CCCOc1ccc(C=NNC(=O)C(=O)Nc2ccccc2Br)cc1OCC. The van der Waals surface area contributed by atoms with E-state index < -0.39 is 11.8 Å². The normalized spacial score (nSPS) is 10.5. The largest absolute Gasteiger partial charge is 0.490 e. The maximum Gasteiger partial charge on any atom is 0.329 e. The van der Waals surface area contributed by atoms with E-state index in [9.17, 15) is 9.59 Å². The van der Waals surface area contributed by atoms with Crippen LogP contribution in [0.3, 0.4) is 0 Å². The standard InChI is InChI=1S/C20H22BrN3O4/c1-3-11-28-17-10-9-14(12-18(17)27-4-2)13-22-24-20(26)19(25)23-16-8-6-5-7-15(16)21/h5-10,12-13H,3-4,11H2,1-2H3,(H,23,25)(H,24,26). The molecule has 0 saturated heterocycles. The van der Waals surface area contributed by atoms with Gasteiger partial charge in [0.25, 0.3) is 0 Å². The predicted molar refractivity (Wildman–Crippen MR) is 112 cm³/mol. The molecule has 2 aromatic rings. The van der Waals surface area contributed by atoms with E-state index in [1.54, 1.807) is 42.5 Å². The lowest BCUT2D eigenvalue weighted by Gasteiger charge is -2.11. The Balaban J connectivity index is 1.97. The monoisotopic (exact) mass is 447 g/mol. The predicted octanol–water partition coefficient (Wildman–Crippen LogP) is 3.73. The lowest BCUT2D eigenvalue weighted by atomic mass is 10.2. The van der Waals surface area contributed by atoms with E-state index in [1.165, 1.54) is 6.21 Å². The highest BCUT2D eigenvalue weighted by atomic mass is 79.9. The van der Waals surface area contributed by atoms with Gasteiger partial charge in [0, 0.05) is 4.47 Å². The zero-order valence-electron chi connectivity index (χ0n) is 15.7. The number of rotatable bonds is 8. The molecule has 0 atom stereocenters. The zero-order chi connectivity index (χ0) is 20.4. The first kappa shape index (κ1) is 21.4. The topological polar surface area (TPSA) is 89.0 Å². The summed E-state index contributed by atoms with van der Waals surface area (Å²) in [4.78, 5) is 23.8. The van der Waals surface area contributed by atoms with Gasteiger partial charge in [-0.1, -0.05) is 19.1 Å². The number of anilines is 1. The van der Waals surface area contributed by atoms with E-state index >= 15 is 0 Å².